The van der Waals surface area contributed by atoms with Gasteiger partial charge in [0, 0.05) is 14.1 Å². The molecule has 1 unspecified atom stereocenters. The summed E-state index contributed by atoms with van der Waals surface area (Å²) in [6.07, 6.45) is 0. The first-order valence-corrected chi connectivity index (χ1v) is 8.17. The molecule has 3 rings (SSSR count). The molecule has 9 nitrogen and oxygen atoms in total. The maximum Gasteiger partial charge on any atom is 0.395 e. The number of nitrogens with one attached hydrogen (secondary N) is 1. The first kappa shape index (κ1) is 18.2. The third-order valence-electron chi connectivity index (χ3n) is 4.01. The van der Waals surface area contributed by atoms with Gasteiger partial charge in [-0.1, -0.05) is 28.2 Å². The molecular formula is C15H14Cl2N5O4+. The van der Waals surface area contributed by atoms with E-state index in [9.17, 15) is 19.5 Å². The summed E-state index contributed by atoms with van der Waals surface area (Å²) in [5.41, 5.74) is 0.502. The zero-order valence-electron chi connectivity index (χ0n) is 13.7. The molecule has 2 heterocycles. The van der Waals surface area contributed by atoms with E-state index in [0.29, 0.717) is 15.7 Å². The number of hydrogen-bond donors (Lipinski definition) is 2. The average Bonchev–Trinajstić information content (AvgIpc) is 2.92. The largest absolute Gasteiger partial charge is 0.479 e. The number of halogens is 2. The number of anilines is 1. The Morgan fingerprint density at radius 3 is 2.58 bits per heavy atom. The number of guanidine groups is 1. The Bertz CT molecular complexity index is 898. The number of carboxylic acids is 1. The highest BCUT2D eigenvalue weighted by atomic mass is 35.5. The molecule has 0 spiro atoms. The van der Waals surface area contributed by atoms with Gasteiger partial charge in [0.05, 0.1) is 10.0 Å². The van der Waals surface area contributed by atoms with Crippen molar-refractivity contribution in [3.8, 4) is 0 Å². The second kappa shape index (κ2) is 6.58. The molecule has 1 aromatic rings. The summed E-state index contributed by atoms with van der Waals surface area (Å²) in [6, 6.07) is 3.18. The third-order valence-corrected chi connectivity index (χ3v) is 4.75. The zero-order valence-corrected chi connectivity index (χ0v) is 15.2. The lowest BCUT2D eigenvalue weighted by atomic mass is 10.1. The van der Waals surface area contributed by atoms with Crippen molar-refractivity contribution in [2.75, 3.05) is 26.0 Å². The van der Waals surface area contributed by atoms with Gasteiger partial charge in [0.2, 0.25) is 11.9 Å². The number of carbonyl (C=O) groups is 3. The topological polar surface area (TPSA) is 105 Å². The average molecular weight is 399 g/mol. The second-order valence-electron chi connectivity index (χ2n) is 5.71. The molecule has 11 heteroatoms. The van der Waals surface area contributed by atoms with E-state index in [1.807, 2.05) is 0 Å². The van der Waals surface area contributed by atoms with Crippen LogP contribution in [0.1, 0.15) is 0 Å². The minimum atomic E-state index is -1.15. The molecule has 0 radical (unpaired) electrons. The van der Waals surface area contributed by atoms with Crippen LogP contribution >= 0.6 is 23.2 Å². The molecule has 26 heavy (non-hydrogen) atoms. The van der Waals surface area contributed by atoms with Gasteiger partial charge >= 0.3 is 18.0 Å². The first-order valence-electron chi connectivity index (χ1n) is 7.42. The van der Waals surface area contributed by atoms with Gasteiger partial charge in [-0.15, -0.1) is 0 Å². The molecule has 136 valence electrons. The molecule has 1 atom stereocenters. The number of amides is 3. The molecular weight excluding hydrogens is 385 g/mol. The van der Waals surface area contributed by atoms with Crippen molar-refractivity contribution in [3.63, 3.8) is 0 Å². The van der Waals surface area contributed by atoms with E-state index in [0.717, 1.165) is 4.90 Å². The van der Waals surface area contributed by atoms with E-state index in [1.165, 1.54) is 23.6 Å². The summed E-state index contributed by atoms with van der Waals surface area (Å²) < 4.78 is 1.28. The maximum atomic E-state index is 12.5. The van der Waals surface area contributed by atoms with Crippen LogP contribution in [0.3, 0.4) is 0 Å². The molecule has 0 aromatic heterocycles. The number of amidine groups is 1. The van der Waals surface area contributed by atoms with E-state index < -0.39 is 30.5 Å². The molecule has 2 aliphatic rings. The number of fused-ring (bicyclic) bond motifs is 1. The Kier molecular flexibility index (Phi) is 4.59. The van der Waals surface area contributed by atoms with Crippen LogP contribution in [0, 0.1) is 0 Å². The molecule has 0 aliphatic carbocycles. The van der Waals surface area contributed by atoms with Gasteiger partial charge in [0.1, 0.15) is 5.69 Å². The molecule has 0 bridgehead atoms. The fraction of sp³-hybridized carbons (Fsp3) is 0.267. The fourth-order valence-corrected chi connectivity index (χ4v) is 3.01. The van der Waals surface area contributed by atoms with Crippen LogP contribution in [-0.4, -0.2) is 75.9 Å². The van der Waals surface area contributed by atoms with E-state index >= 15 is 0 Å². The molecule has 1 aromatic carbocycles. The van der Waals surface area contributed by atoms with Crippen LogP contribution in [0.4, 0.5) is 10.5 Å². The van der Waals surface area contributed by atoms with Crippen LogP contribution in [0.25, 0.3) is 0 Å². The van der Waals surface area contributed by atoms with Gasteiger partial charge in [0.25, 0.3) is 5.91 Å². The van der Waals surface area contributed by atoms with Crippen molar-refractivity contribution in [1.82, 2.24) is 9.80 Å². The van der Waals surface area contributed by atoms with Crippen LogP contribution in [0.2, 0.25) is 10.0 Å². The van der Waals surface area contributed by atoms with E-state index in [2.05, 4.69) is 10.3 Å². The van der Waals surface area contributed by atoms with Crippen LogP contribution < -0.4 is 5.32 Å². The Morgan fingerprint density at radius 2 is 1.96 bits per heavy atom. The van der Waals surface area contributed by atoms with Crippen LogP contribution in [0.15, 0.2) is 23.2 Å². The minimum absolute atomic E-state index is 0.120. The lowest BCUT2D eigenvalue weighted by molar-refractivity contribution is -0.525. The first-order chi connectivity index (χ1) is 12.2. The summed E-state index contributed by atoms with van der Waals surface area (Å²) in [7, 11) is 2.80. The van der Waals surface area contributed by atoms with Gasteiger partial charge in [-0.05, 0) is 18.2 Å². The monoisotopic (exact) mass is 398 g/mol. The quantitative estimate of drug-likeness (QED) is 0.743. The number of likely N-dealkylation sites (N-methyl/N-ethyl adjacent to an activating group) is 2. The lowest BCUT2D eigenvalue weighted by Gasteiger charge is -2.31. The second-order valence-corrected chi connectivity index (χ2v) is 6.52. The number of carbonyl (C=O) groups excluding carboxylic acids is 2. The summed E-state index contributed by atoms with van der Waals surface area (Å²) in [5.74, 6) is -1.43. The van der Waals surface area contributed by atoms with Crippen molar-refractivity contribution in [3.05, 3.63) is 28.2 Å². The van der Waals surface area contributed by atoms with Crippen LogP contribution in [0.5, 0.6) is 0 Å². The summed E-state index contributed by atoms with van der Waals surface area (Å²) in [6.45, 7) is -0.483. The number of rotatable bonds is 3. The third kappa shape index (κ3) is 2.99. The predicted octanol–water partition coefficient (Wildman–Crippen LogP) is 1.16. The zero-order chi connectivity index (χ0) is 19.2. The van der Waals surface area contributed by atoms with Gasteiger partial charge < -0.3 is 5.11 Å². The summed E-state index contributed by atoms with van der Waals surface area (Å²) in [5, 5.41) is 12.8. The Hall–Kier alpha value is -2.65. The molecule has 2 aliphatic heterocycles. The van der Waals surface area contributed by atoms with Gasteiger partial charge in [-0.25, -0.2) is 19.5 Å². The van der Waals surface area contributed by atoms with Crippen molar-refractivity contribution in [2.24, 2.45) is 4.99 Å². The Morgan fingerprint density at radius 1 is 1.27 bits per heavy atom. The van der Waals surface area contributed by atoms with Gasteiger partial charge in [0.15, 0.2) is 6.54 Å². The van der Waals surface area contributed by atoms with Gasteiger partial charge in [-0.2, -0.15) is 0 Å². The number of nitrogens with zero attached hydrogens (tertiary/aromatic N) is 4. The number of carboxylic acid groups (broad SMARTS) is 1. The van der Waals surface area contributed by atoms with E-state index in [1.54, 1.807) is 18.2 Å². The number of benzene rings is 1. The lowest BCUT2D eigenvalue weighted by Crippen LogP contribution is -2.61. The number of aliphatic imine (C=N–C) groups is 1. The smallest absolute Gasteiger partial charge is 0.395 e. The maximum absolute atomic E-state index is 12.5. The molecule has 1 saturated heterocycles. The highest BCUT2D eigenvalue weighted by Gasteiger charge is 2.51. The highest BCUT2D eigenvalue weighted by molar-refractivity contribution is 6.42. The van der Waals surface area contributed by atoms with Crippen LogP contribution in [-0.2, 0) is 9.59 Å². The number of urea groups is 1. The standard InChI is InChI=1S/C15H13Cl2N5O4/c1-20-12-11(13(25)21(2)15(20)26)22(6-10(23)24)14(19-12)18-7-3-4-8(16)9(17)5-7/h3-5,11H,6H2,1-2H3,(H,23,24)/p+1. The Labute approximate surface area is 158 Å². The highest BCUT2D eigenvalue weighted by Crippen LogP contribution is 2.26. The summed E-state index contributed by atoms with van der Waals surface area (Å²) in [4.78, 5) is 42.3. The van der Waals surface area contributed by atoms with E-state index in [4.69, 9.17) is 23.2 Å². The molecule has 3 amide bonds. The fourth-order valence-electron chi connectivity index (χ4n) is 2.71. The normalized spacial score (nSPS) is 19.7. The number of imide groups is 1. The minimum Gasteiger partial charge on any atom is -0.479 e. The Balaban J connectivity index is 2.04. The van der Waals surface area contributed by atoms with Crippen molar-refractivity contribution >= 4 is 58.6 Å². The molecule has 1 fully saturated rings. The molecule has 2 N–H and O–H groups in total. The SMILES string of the molecule is CN1C(=O)C2C(=NC(Nc3ccc(Cl)c(Cl)c3)=[N+]2CC(=O)O)N(C)C1=O. The van der Waals surface area contributed by atoms with Crippen molar-refractivity contribution < 1.29 is 24.1 Å². The van der Waals surface area contributed by atoms with Crippen molar-refractivity contribution in [2.45, 2.75) is 6.04 Å². The molecule has 0 saturated carbocycles. The van der Waals surface area contributed by atoms with Crippen molar-refractivity contribution in [1.29, 1.82) is 0 Å². The van der Waals surface area contributed by atoms with Gasteiger partial charge in [-0.3, -0.25) is 14.6 Å². The number of aliphatic carboxylic acids is 1. The predicted molar refractivity (Wildman–Crippen MR) is 95.0 cm³/mol. The number of hydrogen-bond acceptors (Lipinski definition) is 5. The summed E-state index contributed by atoms with van der Waals surface area (Å²) >= 11 is 11.9. The van der Waals surface area contributed by atoms with E-state index in [-0.39, 0.29) is 11.8 Å².